The minimum atomic E-state index is -0.236. The third-order valence-corrected chi connectivity index (χ3v) is 4.55. The third-order valence-electron chi connectivity index (χ3n) is 3.48. The SMILES string of the molecule is Cc1cc(Cl)ccc1OCC(=O)Nc1cc(C)c2nc(N)sc2c1. The number of ether oxygens (including phenoxy) is 1. The Morgan fingerprint density at radius 2 is 2.08 bits per heavy atom. The lowest BCUT2D eigenvalue weighted by atomic mass is 10.2. The molecule has 0 fully saturated rings. The highest BCUT2D eigenvalue weighted by molar-refractivity contribution is 7.22. The van der Waals surface area contributed by atoms with Crippen molar-refractivity contribution in [2.24, 2.45) is 0 Å². The van der Waals surface area contributed by atoms with Crippen LogP contribution in [0.1, 0.15) is 11.1 Å². The zero-order valence-electron chi connectivity index (χ0n) is 13.2. The van der Waals surface area contributed by atoms with Gasteiger partial charge in [-0.3, -0.25) is 4.79 Å². The highest BCUT2D eigenvalue weighted by Gasteiger charge is 2.10. The number of hydrogen-bond acceptors (Lipinski definition) is 5. The summed E-state index contributed by atoms with van der Waals surface area (Å²) in [5, 5.41) is 3.98. The molecule has 0 saturated heterocycles. The number of nitrogen functional groups attached to an aromatic ring is 1. The molecule has 2 aromatic carbocycles. The van der Waals surface area contributed by atoms with E-state index in [9.17, 15) is 4.79 Å². The van der Waals surface area contributed by atoms with E-state index in [1.165, 1.54) is 11.3 Å². The number of rotatable bonds is 4. The predicted octanol–water partition coefficient (Wildman–Crippen LogP) is 4.17. The fraction of sp³-hybridized carbons (Fsp3) is 0.176. The average molecular weight is 362 g/mol. The molecule has 3 aromatic rings. The molecule has 0 atom stereocenters. The number of anilines is 2. The van der Waals surface area contributed by atoms with Crippen molar-refractivity contribution in [1.29, 1.82) is 0 Å². The number of aromatic nitrogens is 1. The lowest BCUT2D eigenvalue weighted by molar-refractivity contribution is -0.118. The Bertz CT molecular complexity index is 924. The van der Waals surface area contributed by atoms with Crippen LogP contribution in [0.3, 0.4) is 0 Å². The summed E-state index contributed by atoms with van der Waals surface area (Å²) in [6, 6.07) is 9.00. The average Bonchev–Trinajstić information content (AvgIpc) is 2.87. The zero-order valence-corrected chi connectivity index (χ0v) is 14.8. The second-order valence-electron chi connectivity index (χ2n) is 5.44. The van der Waals surface area contributed by atoms with Crippen molar-refractivity contribution < 1.29 is 9.53 Å². The first-order valence-electron chi connectivity index (χ1n) is 7.28. The van der Waals surface area contributed by atoms with Gasteiger partial charge in [-0.25, -0.2) is 4.98 Å². The normalized spacial score (nSPS) is 10.8. The van der Waals surface area contributed by atoms with Crippen LogP contribution >= 0.6 is 22.9 Å². The van der Waals surface area contributed by atoms with E-state index in [4.69, 9.17) is 22.1 Å². The molecule has 0 unspecified atom stereocenters. The van der Waals surface area contributed by atoms with Crippen molar-refractivity contribution in [3.8, 4) is 5.75 Å². The minimum Gasteiger partial charge on any atom is -0.483 e. The Kier molecular flexibility index (Phi) is 4.59. The molecule has 3 N–H and O–H groups in total. The topological polar surface area (TPSA) is 77.2 Å². The molecule has 1 heterocycles. The molecule has 0 bridgehead atoms. The van der Waals surface area contributed by atoms with Crippen LogP contribution in [-0.4, -0.2) is 17.5 Å². The van der Waals surface area contributed by atoms with E-state index in [0.717, 1.165) is 21.3 Å². The van der Waals surface area contributed by atoms with Gasteiger partial charge in [-0.05, 0) is 55.3 Å². The number of benzene rings is 2. The summed E-state index contributed by atoms with van der Waals surface area (Å²) in [4.78, 5) is 16.4. The van der Waals surface area contributed by atoms with Gasteiger partial charge in [-0.15, -0.1) is 0 Å². The zero-order chi connectivity index (χ0) is 17.3. The first kappa shape index (κ1) is 16.5. The van der Waals surface area contributed by atoms with E-state index in [1.54, 1.807) is 18.2 Å². The van der Waals surface area contributed by atoms with Crippen LogP contribution in [0.15, 0.2) is 30.3 Å². The fourth-order valence-electron chi connectivity index (χ4n) is 2.40. The van der Waals surface area contributed by atoms with Gasteiger partial charge in [-0.1, -0.05) is 22.9 Å². The standard InChI is InChI=1S/C17H16ClN3O2S/c1-9-5-11(18)3-4-13(9)23-8-15(22)20-12-6-10(2)16-14(7-12)24-17(19)21-16/h3-7H,8H2,1-2H3,(H2,19,21)(H,20,22). The Morgan fingerprint density at radius 3 is 2.83 bits per heavy atom. The maximum atomic E-state index is 12.1. The van der Waals surface area contributed by atoms with E-state index in [-0.39, 0.29) is 12.5 Å². The molecule has 0 saturated carbocycles. The predicted molar refractivity (Wildman–Crippen MR) is 99.1 cm³/mol. The molecule has 7 heteroatoms. The molecule has 0 aliphatic rings. The Morgan fingerprint density at radius 1 is 1.29 bits per heavy atom. The van der Waals surface area contributed by atoms with Gasteiger partial charge in [0.1, 0.15) is 5.75 Å². The number of fused-ring (bicyclic) bond motifs is 1. The van der Waals surface area contributed by atoms with Gasteiger partial charge in [0.2, 0.25) is 0 Å². The number of hydrogen-bond donors (Lipinski definition) is 2. The summed E-state index contributed by atoms with van der Waals surface area (Å²) in [5.74, 6) is 0.400. The molecule has 0 aliphatic carbocycles. The molecular formula is C17H16ClN3O2S. The summed E-state index contributed by atoms with van der Waals surface area (Å²) in [6.45, 7) is 3.74. The summed E-state index contributed by atoms with van der Waals surface area (Å²) in [7, 11) is 0. The summed E-state index contributed by atoms with van der Waals surface area (Å²) < 4.78 is 6.49. The van der Waals surface area contributed by atoms with Crippen molar-refractivity contribution in [2.45, 2.75) is 13.8 Å². The van der Waals surface area contributed by atoms with Gasteiger partial charge < -0.3 is 15.8 Å². The lowest BCUT2D eigenvalue weighted by Gasteiger charge is -2.10. The Balaban J connectivity index is 1.68. The number of thiazole rings is 1. The van der Waals surface area contributed by atoms with Crippen LogP contribution in [0.25, 0.3) is 10.2 Å². The first-order chi connectivity index (χ1) is 11.4. The molecule has 5 nitrogen and oxygen atoms in total. The third kappa shape index (κ3) is 3.60. The van der Waals surface area contributed by atoms with E-state index in [1.807, 2.05) is 26.0 Å². The summed E-state index contributed by atoms with van der Waals surface area (Å²) >= 11 is 7.30. The molecule has 24 heavy (non-hydrogen) atoms. The van der Waals surface area contributed by atoms with Crippen LogP contribution in [0.4, 0.5) is 10.8 Å². The highest BCUT2D eigenvalue weighted by atomic mass is 35.5. The van der Waals surface area contributed by atoms with Crippen LogP contribution in [0.2, 0.25) is 5.02 Å². The van der Waals surface area contributed by atoms with Crippen molar-refractivity contribution in [2.75, 3.05) is 17.7 Å². The number of nitrogens with one attached hydrogen (secondary N) is 1. The molecule has 1 amide bonds. The molecule has 1 aromatic heterocycles. The summed E-state index contributed by atoms with van der Waals surface area (Å²) in [5.41, 5.74) is 9.15. The highest BCUT2D eigenvalue weighted by Crippen LogP contribution is 2.29. The maximum absolute atomic E-state index is 12.1. The van der Waals surface area contributed by atoms with Crippen molar-refractivity contribution in [3.05, 3.63) is 46.5 Å². The number of aryl methyl sites for hydroxylation is 2. The van der Waals surface area contributed by atoms with E-state index in [2.05, 4.69) is 10.3 Å². The molecule has 0 spiro atoms. The van der Waals surface area contributed by atoms with E-state index < -0.39 is 0 Å². The van der Waals surface area contributed by atoms with Crippen LogP contribution in [-0.2, 0) is 4.79 Å². The second kappa shape index (κ2) is 6.67. The molecule has 0 radical (unpaired) electrons. The second-order valence-corrected chi connectivity index (χ2v) is 6.94. The minimum absolute atomic E-state index is 0.0790. The first-order valence-corrected chi connectivity index (χ1v) is 8.47. The number of nitrogens with zero attached hydrogens (tertiary/aromatic N) is 1. The monoisotopic (exact) mass is 361 g/mol. The lowest BCUT2D eigenvalue weighted by Crippen LogP contribution is -2.20. The Hall–Kier alpha value is -2.31. The molecule has 0 aliphatic heterocycles. The van der Waals surface area contributed by atoms with Gasteiger partial charge in [0.15, 0.2) is 11.7 Å². The van der Waals surface area contributed by atoms with Gasteiger partial charge in [0.05, 0.1) is 10.2 Å². The number of halogens is 1. The number of carbonyl (C=O) groups excluding carboxylic acids is 1. The van der Waals surface area contributed by atoms with Gasteiger partial charge >= 0.3 is 0 Å². The molecule has 124 valence electrons. The largest absolute Gasteiger partial charge is 0.483 e. The van der Waals surface area contributed by atoms with E-state index >= 15 is 0 Å². The smallest absolute Gasteiger partial charge is 0.262 e. The van der Waals surface area contributed by atoms with Crippen LogP contribution in [0, 0.1) is 13.8 Å². The van der Waals surface area contributed by atoms with Gasteiger partial charge in [-0.2, -0.15) is 0 Å². The summed E-state index contributed by atoms with van der Waals surface area (Å²) in [6.07, 6.45) is 0. The molecular weight excluding hydrogens is 346 g/mol. The van der Waals surface area contributed by atoms with Crippen LogP contribution < -0.4 is 15.8 Å². The van der Waals surface area contributed by atoms with Crippen LogP contribution in [0.5, 0.6) is 5.75 Å². The van der Waals surface area contributed by atoms with E-state index in [0.29, 0.717) is 21.6 Å². The van der Waals surface area contributed by atoms with Crippen molar-refractivity contribution in [1.82, 2.24) is 4.98 Å². The molecule has 3 rings (SSSR count). The van der Waals surface area contributed by atoms with Gasteiger partial charge in [0, 0.05) is 10.7 Å². The Labute approximate surface area is 148 Å². The van der Waals surface area contributed by atoms with Crippen molar-refractivity contribution in [3.63, 3.8) is 0 Å². The number of amides is 1. The maximum Gasteiger partial charge on any atom is 0.262 e. The quantitative estimate of drug-likeness (QED) is 0.731. The fourth-order valence-corrected chi connectivity index (χ4v) is 3.48. The van der Waals surface area contributed by atoms with Gasteiger partial charge in [0.25, 0.3) is 5.91 Å². The number of nitrogens with two attached hydrogens (primary N) is 1. The van der Waals surface area contributed by atoms with Crippen molar-refractivity contribution >= 4 is 49.9 Å². The number of carbonyl (C=O) groups is 1.